The Kier molecular flexibility index (Phi) is 7.40. The predicted molar refractivity (Wildman–Crippen MR) is 138 cm³/mol. The van der Waals surface area contributed by atoms with E-state index in [1.54, 1.807) is 13.2 Å². The summed E-state index contributed by atoms with van der Waals surface area (Å²) in [5.74, 6) is 1.01. The van der Waals surface area contributed by atoms with Crippen LogP contribution in [0.3, 0.4) is 0 Å². The zero-order chi connectivity index (χ0) is 23.9. The highest BCUT2D eigenvalue weighted by molar-refractivity contribution is 7.14. The van der Waals surface area contributed by atoms with Crippen molar-refractivity contribution in [1.82, 2.24) is 4.98 Å². The molecule has 0 saturated carbocycles. The van der Waals surface area contributed by atoms with Crippen LogP contribution in [0.5, 0.6) is 11.5 Å². The van der Waals surface area contributed by atoms with Crippen molar-refractivity contribution in [3.05, 3.63) is 100 Å². The monoisotopic (exact) mass is 470 g/mol. The second kappa shape index (κ2) is 10.8. The second-order valence-corrected chi connectivity index (χ2v) is 8.70. The molecule has 0 atom stereocenters. The molecule has 5 nitrogen and oxygen atoms in total. The molecule has 172 valence electrons. The average Bonchev–Trinajstić information content (AvgIpc) is 3.32. The van der Waals surface area contributed by atoms with Gasteiger partial charge in [-0.15, -0.1) is 11.3 Å². The van der Waals surface area contributed by atoms with E-state index < -0.39 is 0 Å². The van der Waals surface area contributed by atoms with Crippen LogP contribution in [0.15, 0.2) is 78.2 Å². The van der Waals surface area contributed by atoms with Gasteiger partial charge in [-0.1, -0.05) is 48.5 Å². The molecule has 3 aromatic carbocycles. The summed E-state index contributed by atoms with van der Waals surface area (Å²) in [5, 5.41) is 5.34. The van der Waals surface area contributed by atoms with Crippen LogP contribution < -0.4 is 14.8 Å². The van der Waals surface area contributed by atoms with Crippen molar-refractivity contribution in [1.29, 1.82) is 0 Å². The van der Waals surface area contributed by atoms with Gasteiger partial charge in [-0.3, -0.25) is 10.1 Å². The third-order valence-corrected chi connectivity index (χ3v) is 6.15. The molecule has 4 aromatic rings. The third kappa shape index (κ3) is 5.91. The maximum absolute atomic E-state index is 12.4. The van der Waals surface area contributed by atoms with Gasteiger partial charge in [-0.2, -0.15) is 0 Å². The Bertz CT molecular complexity index is 1310. The SMILES string of the molecule is COc1cc(C=CC(=O)Nc2nc(-c3ccc(C)c(C)c3)cs2)ccc1OCc1ccccc1. The number of hydrogen-bond acceptors (Lipinski definition) is 5. The fraction of sp³-hybridized carbons (Fsp3) is 0.143. The van der Waals surface area contributed by atoms with E-state index in [0.717, 1.165) is 22.4 Å². The number of thiazole rings is 1. The summed E-state index contributed by atoms with van der Waals surface area (Å²) in [5.41, 5.74) is 6.25. The van der Waals surface area contributed by atoms with Crippen molar-refractivity contribution >= 4 is 28.5 Å². The molecule has 4 rings (SSSR count). The summed E-state index contributed by atoms with van der Waals surface area (Å²) in [4.78, 5) is 17.0. The zero-order valence-corrected chi connectivity index (χ0v) is 20.2. The third-order valence-electron chi connectivity index (χ3n) is 5.39. The minimum Gasteiger partial charge on any atom is -0.493 e. The van der Waals surface area contributed by atoms with Gasteiger partial charge in [0.25, 0.3) is 0 Å². The minimum atomic E-state index is -0.246. The largest absolute Gasteiger partial charge is 0.493 e. The first-order chi connectivity index (χ1) is 16.5. The Morgan fingerprint density at radius 3 is 2.59 bits per heavy atom. The van der Waals surface area contributed by atoms with Crippen molar-refractivity contribution in [2.24, 2.45) is 0 Å². The molecule has 0 radical (unpaired) electrons. The summed E-state index contributed by atoms with van der Waals surface area (Å²) < 4.78 is 11.4. The number of amides is 1. The van der Waals surface area contributed by atoms with Crippen molar-refractivity contribution in [2.75, 3.05) is 12.4 Å². The Morgan fingerprint density at radius 1 is 1.00 bits per heavy atom. The van der Waals surface area contributed by atoms with Crippen LogP contribution in [0, 0.1) is 13.8 Å². The van der Waals surface area contributed by atoms with Crippen LogP contribution in [0.1, 0.15) is 22.3 Å². The van der Waals surface area contributed by atoms with E-state index in [0.29, 0.717) is 23.2 Å². The normalized spacial score (nSPS) is 10.9. The fourth-order valence-electron chi connectivity index (χ4n) is 3.33. The summed E-state index contributed by atoms with van der Waals surface area (Å²) in [7, 11) is 1.60. The Hall–Kier alpha value is -3.90. The summed E-state index contributed by atoms with van der Waals surface area (Å²) in [6, 6.07) is 21.7. The Morgan fingerprint density at radius 2 is 1.82 bits per heavy atom. The summed E-state index contributed by atoms with van der Waals surface area (Å²) >= 11 is 1.40. The minimum absolute atomic E-state index is 0.246. The molecule has 0 aliphatic heterocycles. The van der Waals surface area contributed by atoms with Gasteiger partial charge >= 0.3 is 0 Å². The number of anilines is 1. The van der Waals surface area contributed by atoms with Crippen LogP contribution in [-0.4, -0.2) is 18.0 Å². The van der Waals surface area contributed by atoms with E-state index in [1.165, 1.54) is 28.5 Å². The van der Waals surface area contributed by atoms with Gasteiger partial charge in [-0.25, -0.2) is 4.98 Å². The molecule has 34 heavy (non-hydrogen) atoms. The molecular weight excluding hydrogens is 444 g/mol. The van der Waals surface area contributed by atoms with E-state index >= 15 is 0 Å². The van der Waals surface area contributed by atoms with Crippen LogP contribution in [0.4, 0.5) is 5.13 Å². The number of ether oxygens (including phenoxy) is 2. The topological polar surface area (TPSA) is 60.5 Å². The lowest BCUT2D eigenvalue weighted by Crippen LogP contribution is -2.07. The molecular formula is C28H26N2O3S. The molecule has 0 unspecified atom stereocenters. The molecule has 1 aromatic heterocycles. The molecule has 0 aliphatic rings. The number of aromatic nitrogens is 1. The van der Waals surface area contributed by atoms with Gasteiger partial charge in [0.1, 0.15) is 6.61 Å². The number of hydrogen-bond donors (Lipinski definition) is 1. The van der Waals surface area contributed by atoms with Gasteiger partial charge in [0.15, 0.2) is 16.6 Å². The molecule has 1 amide bonds. The van der Waals surface area contributed by atoms with E-state index in [1.807, 2.05) is 60.0 Å². The van der Waals surface area contributed by atoms with Gasteiger partial charge in [-0.05, 0) is 60.4 Å². The van der Waals surface area contributed by atoms with Crippen molar-refractivity contribution < 1.29 is 14.3 Å². The molecule has 0 bridgehead atoms. The predicted octanol–water partition coefficient (Wildman–Crippen LogP) is 6.67. The number of benzene rings is 3. The Balaban J connectivity index is 1.38. The number of rotatable bonds is 8. The van der Waals surface area contributed by atoms with Crippen molar-refractivity contribution in [2.45, 2.75) is 20.5 Å². The molecule has 1 heterocycles. The zero-order valence-electron chi connectivity index (χ0n) is 19.4. The fourth-order valence-corrected chi connectivity index (χ4v) is 4.05. The molecule has 6 heteroatoms. The molecule has 0 saturated heterocycles. The number of nitrogens with one attached hydrogen (secondary N) is 1. The molecule has 0 fully saturated rings. The van der Waals surface area contributed by atoms with Gasteiger partial charge in [0, 0.05) is 17.0 Å². The average molecular weight is 471 g/mol. The number of carbonyl (C=O) groups is 1. The lowest BCUT2D eigenvalue weighted by Gasteiger charge is -2.11. The lowest BCUT2D eigenvalue weighted by atomic mass is 10.1. The van der Waals surface area contributed by atoms with Crippen LogP contribution in [-0.2, 0) is 11.4 Å². The number of nitrogens with zero attached hydrogens (tertiary/aromatic N) is 1. The molecule has 1 N–H and O–H groups in total. The van der Waals surface area contributed by atoms with Crippen molar-refractivity contribution in [3.63, 3.8) is 0 Å². The highest BCUT2D eigenvalue weighted by Gasteiger charge is 2.09. The molecule has 0 spiro atoms. The first kappa shape index (κ1) is 23.3. The highest BCUT2D eigenvalue weighted by atomic mass is 32.1. The standard InChI is InChI=1S/C28H26N2O3S/c1-19-9-12-23(15-20(19)2)24-18-34-28(29-24)30-27(31)14-11-21-10-13-25(26(16-21)32-3)33-17-22-7-5-4-6-8-22/h4-16,18H,17H2,1-3H3,(H,29,30,31). The number of aryl methyl sites for hydroxylation is 2. The van der Waals surface area contributed by atoms with Crippen molar-refractivity contribution in [3.8, 4) is 22.8 Å². The maximum Gasteiger partial charge on any atom is 0.250 e. The lowest BCUT2D eigenvalue weighted by molar-refractivity contribution is -0.111. The van der Waals surface area contributed by atoms with E-state index in [9.17, 15) is 4.79 Å². The van der Waals surface area contributed by atoms with E-state index in [2.05, 4.69) is 36.3 Å². The maximum atomic E-state index is 12.4. The van der Waals surface area contributed by atoms with Gasteiger partial charge < -0.3 is 9.47 Å². The number of carbonyl (C=O) groups excluding carboxylic acids is 1. The summed E-state index contributed by atoms with van der Waals surface area (Å²) in [6.07, 6.45) is 3.22. The number of methoxy groups -OCH3 is 1. The summed E-state index contributed by atoms with van der Waals surface area (Å²) in [6.45, 7) is 4.61. The highest BCUT2D eigenvalue weighted by Crippen LogP contribution is 2.30. The first-order valence-corrected chi connectivity index (χ1v) is 11.8. The van der Waals surface area contributed by atoms with E-state index in [-0.39, 0.29) is 5.91 Å². The van der Waals surface area contributed by atoms with Crippen LogP contribution in [0.2, 0.25) is 0 Å². The van der Waals surface area contributed by atoms with Gasteiger partial charge in [0.05, 0.1) is 12.8 Å². The van der Waals surface area contributed by atoms with Crippen LogP contribution >= 0.6 is 11.3 Å². The van der Waals surface area contributed by atoms with E-state index in [4.69, 9.17) is 9.47 Å². The molecule has 0 aliphatic carbocycles. The smallest absolute Gasteiger partial charge is 0.250 e. The Labute approximate surface area is 203 Å². The first-order valence-electron chi connectivity index (χ1n) is 10.9. The van der Waals surface area contributed by atoms with Gasteiger partial charge in [0.2, 0.25) is 5.91 Å². The van der Waals surface area contributed by atoms with Crippen LogP contribution in [0.25, 0.3) is 17.3 Å². The second-order valence-electron chi connectivity index (χ2n) is 7.84. The quantitative estimate of drug-likeness (QED) is 0.292.